The van der Waals surface area contributed by atoms with Gasteiger partial charge < -0.3 is 11.5 Å². The van der Waals surface area contributed by atoms with E-state index in [0.29, 0.717) is 13.1 Å². The van der Waals surface area contributed by atoms with Crippen LogP contribution in [0.4, 0.5) is 0 Å². The Morgan fingerprint density at radius 1 is 0.643 bits per heavy atom. The molecule has 1 aromatic carbocycles. The van der Waals surface area contributed by atoms with Gasteiger partial charge in [-0.15, -0.1) is 0 Å². The Morgan fingerprint density at radius 3 is 1.00 bits per heavy atom. The smallest absolute Gasteiger partial charge is 0.0377 e. The van der Waals surface area contributed by atoms with Crippen LogP contribution in [0.1, 0.15) is 11.1 Å². The third-order valence-electron chi connectivity index (χ3n) is 1.85. The number of hydrogen-bond acceptors (Lipinski definition) is 2. The zero-order valence-corrected chi connectivity index (χ0v) is 13.4. The van der Waals surface area contributed by atoms with Crippen molar-refractivity contribution in [3.8, 4) is 0 Å². The van der Waals surface area contributed by atoms with Crippen molar-refractivity contribution in [2.24, 2.45) is 11.5 Å². The summed E-state index contributed by atoms with van der Waals surface area (Å²) in [6.07, 6.45) is 0. The highest BCUT2D eigenvalue weighted by molar-refractivity contribution is 9.14. The van der Waals surface area contributed by atoms with E-state index in [1.54, 1.807) is 0 Å². The summed E-state index contributed by atoms with van der Waals surface area (Å²) < 4.78 is 3.82. The van der Waals surface area contributed by atoms with Gasteiger partial charge in [0.2, 0.25) is 0 Å². The molecule has 0 aromatic heterocycles. The predicted octanol–water partition coefficient (Wildman–Crippen LogP) is 3.65. The molecular weight excluding hydrogens is 444 g/mol. The quantitative estimate of drug-likeness (QED) is 0.674. The van der Waals surface area contributed by atoms with E-state index in [0.717, 1.165) is 29.0 Å². The van der Waals surface area contributed by atoms with Crippen LogP contribution in [0.25, 0.3) is 0 Å². The van der Waals surface area contributed by atoms with E-state index in [1.807, 2.05) is 0 Å². The number of rotatable bonds is 2. The molecule has 0 saturated heterocycles. The molecule has 2 nitrogen and oxygen atoms in total. The van der Waals surface area contributed by atoms with Gasteiger partial charge in [0, 0.05) is 31.0 Å². The van der Waals surface area contributed by atoms with Crippen molar-refractivity contribution >= 4 is 63.7 Å². The van der Waals surface area contributed by atoms with Crippen LogP contribution in [0, 0.1) is 0 Å². The Kier molecular flexibility index (Phi) is 5.07. The van der Waals surface area contributed by atoms with Gasteiger partial charge in [-0.2, -0.15) is 0 Å². The average molecular weight is 452 g/mol. The van der Waals surface area contributed by atoms with Crippen molar-refractivity contribution in [2.45, 2.75) is 13.1 Å². The summed E-state index contributed by atoms with van der Waals surface area (Å²) in [4.78, 5) is 0. The second kappa shape index (κ2) is 5.41. The third-order valence-corrected chi connectivity index (χ3v) is 6.42. The number of nitrogens with two attached hydrogens (primary N) is 2. The molecule has 0 heterocycles. The van der Waals surface area contributed by atoms with Crippen molar-refractivity contribution in [3.63, 3.8) is 0 Å². The van der Waals surface area contributed by atoms with Gasteiger partial charge in [-0.1, -0.05) is 0 Å². The Labute approximate surface area is 116 Å². The first-order chi connectivity index (χ1) is 6.54. The molecule has 14 heavy (non-hydrogen) atoms. The molecule has 0 unspecified atom stereocenters. The van der Waals surface area contributed by atoms with E-state index < -0.39 is 0 Å². The minimum absolute atomic E-state index is 0.462. The predicted molar refractivity (Wildman–Crippen MR) is 73.0 cm³/mol. The standard InChI is InChI=1S/C8H8Br4N2/c9-5-3(1-13)6(10)8(12)4(2-14)7(5)11/h1-2,13-14H2. The molecular formula is C8H8Br4N2. The van der Waals surface area contributed by atoms with E-state index in [1.165, 1.54) is 0 Å². The maximum absolute atomic E-state index is 5.65. The lowest BCUT2D eigenvalue weighted by Crippen LogP contribution is -2.05. The molecule has 0 aliphatic rings. The second-order valence-electron chi connectivity index (χ2n) is 2.62. The fourth-order valence-electron chi connectivity index (χ4n) is 1.08. The largest absolute Gasteiger partial charge is 0.326 e. The first-order valence-corrected chi connectivity index (χ1v) is 6.95. The molecule has 0 radical (unpaired) electrons. The number of benzene rings is 1. The summed E-state index contributed by atoms with van der Waals surface area (Å²) in [6, 6.07) is 0. The maximum atomic E-state index is 5.65. The van der Waals surface area contributed by atoms with Crippen LogP contribution >= 0.6 is 63.7 Å². The van der Waals surface area contributed by atoms with Crippen LogP contribution in [-0.4, -0.2) is 0 Å². The molecule has 0 fully saturated rings. The molecule has 6 heteroatoms. The van der Waals surface area contributed by atoms with Crippen molar-refractivity contribution in [3.05, 3.63) is 29.0 Å². The molecule has 0 spiro atoms. The molecule has 4 N–H and O–H groups in total. The van der Waals surface area contributed by atoms with Gasteiger partial charge in [-0.3, -0.25) is 0 Å². The Hall–Kier alpha value is 1.06. The Morgan fingerprint density at radius 2 is 0.857 bits per heavy atom. The summed E-state index contributed by atoms with van der Waals surface area (Å²) >= 11 is 13.9. The van der Waals surface area contributed by atoms with Crippen LogP contribution in [0.2, 0.25) is 0 Å². The Balaban J connectivity index is 3.55. The lowest BCUT2D eigenvalue weighted by Gasteiger charge is -2.14. The first-order valence-electron chi connectivity index (χ1n) is 3.78. The van der Waals surface area contributed by atoms with Crippen LogP contribution in [0.15, 0.2) is 17.9 Å². The van der Waals surface area contributed by atoms with E-state index in [2.05, 4.69) is 63.7 Å². The zero-order chi connectivity index (χ0) is 10.9. The molecule has 0 saturated carbocycles. The summed E-state index contributed by atoms with van der Waals surface area (Å²) in [7, 11) is 0. The lowest BCUT2D eigenvalue weighted by atomic mass is 10.1. The van der Waals surface area contributed by atoms with Gasteiger partial charge >= 0.3 is 0 Å². The summed E-state index contributed by atoms with van der Waals surface area (Å²) in [5, 5.41) is 0. The molecule has 0 atom stereocenters. The molecule has 78 valence electrons. The van der Waals surface area contributed by atoms with Crippen molar-refractivity contribution in [1.82, 2.24) is 0 Å². The Bertz CT molecular complexity index is 301. The molecule has 0 amide bonds. The maximum Gasteiger partial charge on any atom is 0.0377 e. The molecule has 0 bridgehead atoms. The third kappa shape index (κ3) is 2.25. The van der Waals surface area contributed by atoms with Crippen LogP contribution in [-0.2, 0) is 13.1 Å². The summed E-state index contributed by atoms with van der Waals surface area (Å²) in [5.74, 6) is 0. The van der Waals surface area contributed by atoms with Gasteiger partial charge in [0.25, 0.3) is 0 Å². The lowest BCUT2D eigenvalue weighted by molar-refractivity contribution is 1.000. The molecule has 0 aliphatic carbocycles. The molecule has 1 rings (SSSR count). The highest BCUT2D eigenvalue weighted by atomic mass is 79.9. The topological polar surface area (TPSA) is 52.0 Å². The SMILES string of the molecule is NCc1c(Br)c(Br)c(CN)c(Br)c1Br. The number of hydrogen-bond donors (Lipinski definition) is 2. The first kappa shape index (κ1) is 13.1. The highest BCUT2D eigenvalue weighted by Gasteiger charge is 2.16. The van der Waals surface area contributed by atoms with E-state index in [-0.39, 0.29) is 0 Å². The minimum Gasteiger partial charge on any atom is -0.326 e. The van der Waals surface area contributed by atoms with Crippen molar-refractivity contribution in [1.29, 1.82) is 0 Å². The molecule has 1 aromatic rings. The average Bonchev–Trinajstić information content (AvgIpc) is 2.17. The minimum atomic E-state index is 0.462. The van der Waals surface area contributed by atoms with Crippen LogP contribution in [0.5, 0.6) is 0 Å². The normalized spacial score (nSPS) is 10.7. The number of halogens is 4. The van der Waals surface area contributed by atoms with E-state index in [4.69, 9.17) is 11.5 Å². The fraction of sp³-hybridized carbons (Fsp3) is 0.250. The second-order valence-corrected chi connectivity index (χ2v) is 5.79. The van der Waals surface area contributed by atoms with Crippen LogP contribution in [0.3, 0.4) is 0 Å². The summed E-state index contributed by atoms with van der Waals surface area (Å²) in [6.45, 7) is 0.923. The van der Waals surface area contributed by atoms with E-state index >= 15 is 0 Å². The zero-order valence-electron chi connectivity index (χ0n) is 7.08. The highest BCUT2D eigenvalue weighted by Crippen LogP contribution is 2.41. The van der Waals surface area contributed by atoms with E-state index in [9.17, 15) is 0 Å². The van der Waals surface area contributed by atoms with Crippen LogP contribution < -0.4 is 11.5 Å². The van der Waals surface area contributed by atoms with Gasteiger partial charge in [0.1, 0.15) is 0 Å². The monoisotopic (exact) mass is 448 g/mol. The van der Waals surface area contributed by atoms with Gasteiger partial charge in [-0.25, -0.2) is 0 Å². The van der Waals surface area contributed by atoms with Crippen molar-refractivity contribution < 1.29 is 0 Å². The van der Waals surface area contributed by atoms with Crippen molar-refractivity contribution in [2.75, 3.05) is 0 Å². The van der Waals surface area contributed by atoms with Gasteiger partial charge in [-0.05, 0) is 74.8 Å². The molecule has 0 aliphatic heterocycles. The summed E-state index contributed by atoms with van der Waals surface area (Å²) in [5.41, 5.74) is 13.3. The fourth-order valence-corrected chi connectivity index (χ4v) is 4.01. The van der Waals surface area contributed by atoms with Gasteiger partial charge in [0.05, 0.1) is 0 Å². The van der Waals surface area contributed by atoms with Gasteiger partial charge in [0.15, 0.2) is 0 Å².